The van der Waals surface area contributed by atoms with Crippen molar-refractivity contribution in [3.63, 3.8) is 0 Å². The van der Waals surface area contributed by atoms with Crippen molar-refractivity contribution in [3.05, 3.63) is 69.2 Å². The Labute approximate surface area is 141 Å². The molecule has 2 aromatic carbocycles. The lowest BCUT2D eigenvalue weighted by Crippen LogP contribution is -2.27. The van der Waals surface area contributed by atoms with Gasteiger partial charge in [0.2, 0.25) is 5.91 Å². The lowest BCUT2D eigenvalue weighted by molar-refractivity contribution is -0.121. The summed E-state index contributed by atoms with van der Waals surface area (Å²) in [6.07, 6.45) is 1.000. The highest BCUT2D eigenvalue weighted by molar-refractivity contribution is 6.35. The average Bonchev–Trinajstić information content (AvgIpc) is 2.46. The van der Waals surface area contributed by atoms with Gasteiger partial charge in [-0.1, -0.05) is 53.5 Å². The predicted molar refractivity (Wildman–Crippen MR) is 92.5 cm³/mol. The fraction of sp³-hybridized carbons (Fsp3) is 0.278. The van der Waals surface area contributed by atoms with Gasteiger partial charge in [-0.2, -0.15) is 0 Å². The molecule has 2 rings (SSSR count). The Morgan fingerprint density at radius 1 is 1.18 bits per heavy atom. The molecule has 2 nitrogen and oxygen atoms in total. The first-order valence-electron chi connectivity index (χ1n) is 7.26. The quantitative estimate of drug-likeness (QED) is 0.807. The van der Waals surface area contributed by atoms with Gasteiger partial charge in [0.15, 0.2) is 0 Å². The second-order valence-corrected chi connectivity index (χ2v) is 6.23. The summed E-state index contributed by atoms with van der Waals surface area (Å²) in [5, 5.41) is 4.24. The number of benzene rings is 2. The van der Waals surface area contributed by atoms with Gasteiger partial charge in [-0.25, -0.2) is 0 Å². The van der Waals surface area contributed by atoms with E-state index in [1.54, 1.807) is 12.1 Å². The van der Waals surface area contributed by atoms with E-state index >= 15 is 0 Å². The standard InChI is InChI=1S/C18H19Cl2NO/c1-12-5-3-4-6-16(12)13(2)21-18(22)10-8-14-7-9-15(19)11-17(14)20/h3-7,9,11,13H,8,10H2,1-2H3,(H,21,22). The third-order valence-corrected chi connectivity index (χ3v) is 4.26. The van der Waals surface area contributed by atoms with E-state index in [-0.39, 0.29) is 11.9 Å². The molecule has 0 radical (unpaired) electrons. The van der Waals surface area contributed by atoms with Crippen LogP contribution in [0.2, 0.25) is 10.0 Å². The molecular formula is C18H19Cl2NO. The Hall–Kier alpha value is -1.51. The summed E-state index contributed by atoms with van der Waals surface area (Å²) in [5.74, 6) is 0.0155. The molecule has 2 aromatic rings. The van der Waals surface area contributed by atoms with Crippen molar-refractivity contribution < 1.29 is 4.79 Å². The first kappa shape index (κ1) is 16.9. The van der Waals surface area contributed by atoms with Gasteiger partial charge in [0.25, 0.3) is 0 Å². The fourth-order valence-electron chi connectivity index (χ4n) is 2.44. The monoisotopic (exact) mass is 335 g/mol. The van der Waals surface area contributed by atoms with Crippen molar-refractivity contribution in [2.45, 2.75) is 32.7 Å². The lowest BCUT2D eigenvalue weighted by Gasteiger charge is -2.16. The van der Waals surface area contributed by atoms with E-state index in [9.17, 15) is 4.79 Å². The largest absolute Gasteiger partial charge is 0.350 e. The van der Waals surface area contributed by atoms with E-state index in [2.05, 4.69) is 5.32 Å². The molecule has 116 valence electrons. The topological polar surface area (TPSA) is 29.1 Å². The zero-order valence-electron chi connectivity index (χ0n) is 12.7. The molecular weight excluding hydrogens is 317 g/mol. The third kappa shape index (κ3) is 4.49. The molecule has 0 aliphatic heterocycles. The van der Waals surface area contributed by atoms with Crippen LogP contribution in [0.15, 0.2) is 42.5 Å². The van der Waals surface area contributed by atoms with Crippen LogP contribution in [-0.2, 0) is 11.2 Å². The van der Waals surface area contributed by atoms with Crippen LogP contribution < -0.4 is 5.32 Å². The van der Waals surface area contributed by atoms with Crippen LogP contribution in [0.1, 0.15) is 36.1 Å². The van der Waals surface area contributed by atoms with E-state index < -0.39 is 0 Å². The summed E-state index contributed by atoms with van der Waals surface area (Å²) in [6.45, 7) is 4.04. The molecule has 0 fully saturated rings. The summed E-state index contributed by atoms with van der Waals surface area (Å²) in [4.78, 5) is 12.1. The Morgan fingerprint density at radius 2 is 1.91 bits per heavy atom. The number of aryl methyl sites for hydroxylation is 2. The summed E-state index contributed by atoms with van der Waals surface area (Å²) >= 11 is 12.0. The second-order valence-electron chi connectivity index (χ2n) is 5.38. The molecule has 22 heavy (non-hydrogen) atoms. The van der Waals surface area contributed by atoms with Gasteiger partial charge in [-0.05, 0) is 49.1 Å². The Morgan fingerprint density at radius 3 is 2.59 bits per heavy atom. The van der Waals surface area contributed by atoms with Crippen molar-refractivity contribution in [1.29, 1.82) is 0 Å². The molecule has 0 saturated carbocycles. The molecule has 1 unspecified atom stereocenters. The van der Waals surface area contributed by atoms with Crippen LogP contribution >= 0.6 is 23.2 Å². The molecule has 0 aromatic heterocycles. The highest BCUT2D eigenvalue weighted by atomic mass is 35.5. The van der Waals surface area contributed by atoms with Crippen LogP contribution in [0.5, 0.6) is 0 Å². The van der Waals surface area contributed by atoms with Gasteiger partial charge in [0.05, 0.1) is 6.04 Å². The lowest BCUT2D eigenvalue weighted by atomic mass is 10.0. The van der Waals surface area contributed by atoms with E-state index in [4.69, 9.17) is 23.2 Å². The maximum atomic E-state index is 12.1. The molecule has 4 heteroatoms. The molecule has 0 heterocycles. The van der Waals surface area contributed by atoms with Crippen molar-refractivity contribution in [2.24, 2.45) is 0 Å². The van der Waals surface area contributed by atoms with Gasteiger partial charge in [-0.3, -0.25) is 4.79 Å². The van der Waals surface area contributed by atoms with Crippen LogP contribution in [0.4, 0.5) is 0 Å². The molecule has 0 aliphatic rings. The number of amides is 1. The predicted octanol–water partition coefficient (Wildman–Crippen LogP) is 5.11. The first-order valence-corrected chi connectivity index (χ1v) is 8.02. The molecule has 0 saturated heterocycles. The van der Waals surface area contributed by atoms with E-state index in [1.165, 1.54) is 5.56 Å². The van der Waals surface area contributed by atoms with Crippen molar-refractivity contribution in [3.8, 4) is 0 Å². The molecule has 1 amide bonds. The SMILES string of the molecule is Cc1ccccc1C(C)NC(=O)CCc1ccc(Cl)cc1Cl. The number of rotatable bonds is 5. The first-order chi connectivity index (χ1) is 10.5. The zero-order chi connectivity index (χ0) is 16.1. The maximum Gasteiger partial charge on any atom is 0.220 e. The van der Waals surface area contributed by atoms with E-state index in [0.29, 0.717) is 22.9 Å². The number of hydrogen-bond acceptors (Lipinski definition) is 1. The van der Waals surface area contributed by atoms with Gasteiger partial charge in [0, 0.05) is 16.5 Å². The van der Waals surface area contributed by atoms with Crippen molar-refractivity contribution in [1.82, 2.24) is 5.32 Å². The molecule has 0 bridgehead atoms. The minimum atomic E-state index is -0.00519. The van der Waals surface area contributed by atoms with Crippen LogP contribution in [0.25, 0.3) is 0 Å². The normalized spacial score (nSPS) is 12.0. The van der Waals surface area contributed by atoms with Gasteiger partial charge in [-0.15, -0.1) is 0 Å². The third-order valence-electron chi connectivity index (χ3n) is 3.67. The highest BCUT2D eigenvalue weighted by Gasteiger charge is 2.12. The highest BCUT2D eigenvalue weighted by Crippen LogP contribution is 2.22. The fourth-order valence-corrected chi connectivity index (χ4v) is 2.94. The second kappa shape index (κ2) is 7.66. The van der Waals surface area contributed by atoms with Crippen molar-refractivity contribution in [2.75, 3.05) is 0 Å². The van der Waals surface area contributed by atoms with Crippen molar-refractivity contribution >= 4 is 29.1 Å². The van der Waals surface area contributed by atoms with Crippen LogP contribution in [0.3, 0.4) is 0 Å². The zero-order valence-corrected chi connectivity index (χ0v) is 14.2. The maximum absolute atomic E-state index is 12.1. The van der Waals surface area contributed by atoms with E-state index in [1.807, 2.05) is 44.2 Å². The summed E-state index contributed by atoms with van der Waals surface area (Å²) < 4.78 is 0. The summed E-state index contributed by atoms with van der Waals surface area (Å²) in [6, 6.07) is 13.4. The Bertz CT molecular complexity index is 670. The summed E-state index contributed by atoms with van der Waals surface area (Å²) in [7, 11) is 0. The average molecular weight is 336 g/mol. The molecule has 0 aliphatic carbocycles. The molecule has 0 spiro atoms. The number of halogens is 2. The van der Waals surface area contributed by atoms with E-state index in [0.717, 1.165) is 11.1 Å². The minimum Gasteiger partial charge on any atom is -0.350 e. The van der Waals surface area contributed by atoms with Gasteiger partial charge in [0.1, 0.15) is 0 Å². The Kier molecular flexibility index (Phi) is 5.87. The number of carbonyl (C=O) groups is 1. The molecule has 1 atom stereocenters. The number of hydrogen-bond donors (Lipinski definition) is 1. The van der Waals surface area contributed by atoms with Gasteiger partial charge < -0.3 is 5.32 Å². The van der Waals surface area contributed by atoms with Crippen LogP contribution in [-0.4, -0.2) is 5.91 Å². The summed E-state index contributed by atoms with van der Waals surface area (Å²) in [5.41, 5.74) is 3.25. The van der Waals surface area contributed by atoms with Crippen LogP contribution in [0, 0.1) is 6.92 Å². The number of carbonyl (C=O) groups excluding carboxylic acids is 1. The minimum absolute atomic E-state index is 0.00519. The number of nitrogens with one attached hydrogen (secondary N) is 1. The van der Waals surface area contributed by atoms with Gasteiger partial charge >= 0.3 is 0 Å². The Balaban J connectivity index is 1.92. The molecule has 1 N–H and O–H groups in total. The smallest absolute Gasteiger partial charge is 0.220 e.